The van der Waals surface area contributed by atoms with Crippen molar-refractivity contribution >= 4 is 0 Å². The largest absolute Gasteiger partial charge is 0.370 e. The van der Waals surface area contributed by atoms with Gasteiger partial charge in [0.2, 0.25) is 0 Å². The Morgan fingerprint density at radius 2 is 2.10 bits per heavy atom. The molecule has 2 N–H and O–H groups in total. The van der Waals surface area contributed by atoms with Gasteiger partial charge in [-0.3, -0.25) is 0 Å². The molecule has 0 spiro atoms. The fraction of sp³-hybridized carbons (Fsp3) is 0.812. The van der Waals surface area contributed by atoms with Gasteiger partial charge in [0.05, 0.1) is 0 Å². The topological polar surface area (TPSA) is 49.9 Å². The number of aromatic nitrogens is 2. The molecule has 1 aromatic heterocycles. The molecule has 0 amide bonds. The van der Waals surface area contributed by atoms with E-state index in [2.05, 4.69) is 36.1 Å². The SMILES string of the molecule is CCOC(c1ncc(CNC(C)C)[nH]1)C1CCCCC1. The molecule has 1 saturated carbocycles. The van der Waals surface area contributed by atoms with Crippen LogP contribution in [0.1, 0.15) is 70.5 Å². The molecular formula is C16H29N3O. The Kier molecular flexibility index (Phi) is 6.05. The van der Waals surface area contributed by atoms with Crippen molar-refractivity contribution in [2.24, 2.45) is 5.92 Å². The van der Waals surface area contributed by atoms with Crippen molar-refractivity contribution in [3.8, 4) is 0 Å². The van der Waals surface area contributed by atoms with Gasteiger partial charge >= 0.3 is 0 Å². The fourth-order valence-electron chi connectivity index (χ4n) is 2.98. The van der Waals surface area contributed by atoms with Crippen LogP contribution in [0.3, 0.4) is 0 Å². The molecule has 0 radical (unpaired) electrons. The van der Waals surface area contributed by atoms with Crippen LogP contribution in [0.25, 0.3) is 0 Å². The van der Waals surface area contributed by atoms with Crippen LogP contribution in [0.4, 0.5) is 0 Å². The van der Waals surface area contributed by atoms with Gasteiger partial charge in [-0.05, 0) is 25.7 Å². The molecule has 4 nitrogen and oxygen atoms in total. The second-order valence-corrected chi connectivity index (χ2v) is 6.10. The van der Waals surface area contributed by atoms with Gasteiger partial charge in [-0.1, -0.05) is 33.1 Å². The Morgan fingerprint density at radius 1 is 1.35 bits per heavy atom. The highest BCUT2D eigenvalue weighted by Crippen LogP contribution is 2.35. The van der Waals surface area contributed by atoms with E-state index in [4.69, 9.17) is 4.74 Å². The summed E-state index contributed by atoms with van der Waals surface area (Å²) in [6.45, 7) is 7.97. The number of rotatable bonds is 7. The highest BCUT2D eigenvalue weighted by Gasteiger charge is 2.27. The van der Waals surface area contributed by atoms with Crippen molar-refractivity contribution in [2.45, 2.75) is 71.6 Å². The molecule has 1 fully saturated rings. The average Bonchev–Trinajstić information content (AvgIpc) is 2.92. The number of nitrogens with zero attached hydrogens (tertiary/aromatic N) is 1. The van der Waals surface area contributed by atoms with Crippen LogP contribution in [0.15, 0.2) is 6.20 Å². The van der Waals surface area contributed by atoms with Crippen LogP contribution in [-0.2, 0) is 11.3 Å². The predicted molar refractivity (Wildman–Crippen MR) is 81.5 cm³/mol. The minimum absolute atomic E-state index is 0.146. The second kappa shape index (κ2) is 7.79. The first kappa shape index (κ1) is 15.5. The molecule has 114 valence electrons. The smallest absolute Gasteiger partial charge is 0.135 e. The van der Waals surface area contributed by atoms with Gasteiger partial charge < -0.3 is 15.0 Å². The molecule has 4 heteroatoms. The summed E-state index contributed by atoms with van der Waals surface area (Å²) in [6, 6.07) is 0.489. The lowest BCUT2D eigenvalue weighted by atomic mass is 9.85. The number of hydrogen-bond donors (Lipinski definition) is 2. The quantitative estimate of drug-likeness (QED) is 0.802. The Hall–Kier alpha value is -0.870. The highest BCUT2D eigenvalue weighted by molar-refractivity contribution is 5.05. The van der Waals surface area contributed by atoms with E-state index in [9.17, 15) is 0 Å². The Morgan fingerprint density at radius 3 is 2.75 bits per heavy atom. The lowest BCUT2D eigenvalue weighted by molar-refractivity contribution is 0.000284. The highest BCUT2D eigenvalue weighted by atomic mass is 16.5. The van der Waals surface area contributed by atoms with E-state index in [0.29, 0.717) is 12.0 Å². The molecule has 1 aliphatic rings. The van der Waals surface area contributed by atoms with Gasteiger partial charge in [-0.25, -0.2) is 4.98 Å². The van der Waals surface area contributed by atoms with Crippen LogP contribution >= 0.6 is 0 Å². The first-order valence-electron chi connectivity index (χ1n) is 8.09. The van der Waals surface area contributed by atoms with Gasteiger partial charge in [0.25, 0.3) is 0 Å². The molecule has 1 aliphatic carbocycles. The minimum atomic E-state index is 0.146. The van der Waals surface area contributed by atoms with Crippen molar-refractivity contribution in [2.75, 3.05) is 6.61 Å². The molecule has 20 heavy (non-hydrogen) atoms. The first-order valence-corrected chi connectivity index (χ1v) is 8.09. The fourth-order valence-corrected chi connectivity index (χ4v) is 2.98. The Balaban J connectivity index is 2.00. The molecule has 2 rings (SSSR count). The lowest BCUT2D eigenvalue weighted by Gasteiger charge is -2.28. The molecule has 1 atom stereocenters. The van der Waals surface area contributed by atoms with Crippen molar-refractivity contribution in [3.63, 3.8) is 0 Å². The maximum absolute atomic E-state index is 5.99. The Labute approximate surface area is 122 Å². The monoisotopic (exact) mass is 279 g/mol. The molecule has 1 aromatic rings. The van der Waals surface area contributed by atoms with E-state index in [1.54, 1.807) is 0 Å². The van der Waals surface area contributed by atoms with Gasteiger partial charge in [-0.15, -0.1) is 0 Å². The number of ether oxygens (including phenoxy) is 1. The third-order valence-electron chi connectivity index (χ3n) is 4.04. The van der Waals surface area contributed by atoms with Crippen LogP contribution in [0.5, 0.6) is 0 Å². The zero-order valence-corrected chi connectivity index (χ0v) is 13.1. The molecule has 0 bridgehead atoms. The third-order valence-corrected chi connectivity index (χ3v) is 4.04. The molecule has 0 aromatic carbocycles. The van der Waals surface area contributed by atoms with E-state index in [1.165, 1.54) is 32.1 Å². The van der Waals surface area contributed by atoms with Crippen LogP contribution < -0.4 is 5.32 Å². The first-order chi connectivity index (χ1) is 9.70. The molecular weight excluding hydrogens is 250 g/mol. The van der Waals surface area contributed by atoms with E-state index < -0.39 is 0 Å². The number of hydrogen-bond acceptors (Lipinski definition) is 3. The number of nitrogens with one attached hydrogen (secondary N) is 2. The number of H-pyrrole nitrogens is 1. The molecule has 1 unspecified atom stereocenters. The summed E-state index contributed by atoms with van der Waals surface area (Å²) in [6.07, 6.45) is 8.66. The summed E-state index contributed by atoms with van der Waals surface area (Å²) in [7, 11) is 0. The standard InChI is InChI=1S/C16H29N3O/c1-4-20-15(13-8-6-5-7-9-13)16-18-11-14(19-16)10-17-12(2)3/h11-13,15,17H,4-10H2,1-3H3,(H,18,19). The second-order valence-electron chi connectivity index (χ2n) is 6.10. The van der Waals surface area contributed by atoms with Crippen molar-refractivity contribution in [3.05, 3.63) is 17.7 Å². The van der Waals surface area contributed by atoms with Gasteiger partial charge in [0, 0.05) is 31.1 Å². The maximum atomic E-state index is 5.99. The summed E-state index contributed by atoms with van der Waals surface area (Å²) < 4.78 is 5.99. The van der Waals surface area contributed by atoms with Crippen LogP contribution in [0, 0.1) is 5.92 Å². The average molecular weight is 279 g/mol. The lowest BCUT2D eigenvalue weighted by Crippen LogP contribution is -2.22. The van der Waals surface area contributed by atoms with Gasteiger partial charge in [0.15, 0.2) is 0 Å². The van der Waals surface area contributed by atoms with Gasteiger partial charge in [0.1, 0.15) is 11.9 Å². The summed E-state index contributed by atoms with van der Waals surface area (Å²) in [4.78, 5) is 8.02. The van der Waals surface area contributed by atoms with E-state index in [-0.39, 0.29) is 6.10 Å². The molecule has 0 saturated heterocycles. The van der Waals surface area contributed by atoms with E-state index in [0.717, 1.165) is 24.7 Å². The zero-order chi connectivity index (χ0) is 14.4. The summed E-state index contributed by atoms with van der Waals surface area (Å²) in [5.74, 6) is 1.64. The maximum Gasteiger partial charge on any atom is 0.135 e. The minimum Gasteiger partial charge on any atom is -0.370 e. The summed E-state index contributed by atoms with van der Waals surface area (Å²) in [5, 5.41) is 3.41. The third kappa shape index (κ3) is 4.32. The number of imidazole rings is 1. The predicted octanol–water partition coefficient (Wildman–Crippen LogP) is 3.57. The van der Waals surface area contributed by atoms with Crippen LogP contribution in [0.2, 0.25) is 0 Å². The Bertz CT molecular complexity index is 383. The molecule has 0 aliphatic heterocycles. The van der Waals surface area contributed by atoms with E-state index in [1.807, 2.05) is 6.20 Å². The normalized spacial score (nSPS) is 18.6. The van der Waals surface area contributed by atoms with Crippen molar-refractivity contribution in [1.82, 2.24) is 15.3 Å². The van der Waals surface area contributed by atoms with Crippen molar-refractivity contribution in [1.29, 1.82) is 0 Å². The van der Waals surface area contributed by atoms with Crippen molar-refractivity contribution < 1.29 is 4.74 Å². The molecule has 1 heterocycles. The zero-order valence-electron chi connectivity index (χ0n) is 13.1. The summed E-state index contributed by atoms with van der Waals surface area (Å²) in [5.41, 5.74) is 1.15. The van der Waals surface area contributed by atoms with Crippen LogP contribution in [-0.4, -0.2) is 22.6 Å². The van der Waals surface area contributed by atoms with E-state index >= 15 is 0 Å². The summed E-state index contributed by atoms with van der Waals surface area (Å²) >= 11 is 0. The van der Waals surface area contributed by atoms with Gasteiger partial charge in [-0.2, -0.15) is 0 Å². The number of aromatic amines is 1.